The molecule has 0 unspecified atom stereocenters. The first-order valence-corrected chi connectivity index (χ1v) is 8.24. The molecule has 2 nitrogen and oxygen atoms in total. The van der Waals surface area contributed by atoms with Crippen LogP contribution in [0.25, 0.3) is 0 Å². The molecule has 0 bridgehead atoms. The first kappa shape index (κ1) is 16.5. The first-order chi connectivity index (χ1) is 10.1. The lowest BCUT2D eigenvalue weighted by atomic mass is 10.1. The van der Waals surface area contributed by atoms with E-state index in [1.165, 1.54) is 6.07 Å². The van der Waals surface area contributed by atoms with Crippen molar-refractivity contribution >= 4 is 31.9 Å². The summed E-state index contributed by atoms with van der Waals surface area (Å²) in [6, 6.07) is 10.7. The second kappa shape index (κ2) is 7.92. The van der Waals surface area contributed by atoms with E-state index in [0.29, 0.717) is 11.3 Å². The highest BCUT2D eigenvalue weighted by atomic mass is 79.9. The van der Waals surface area contributed by atoms with Gasteiger partial charge in [0, 0.05) is 16.6 Å². The number of benzene rings is 2. The van der Waals surface area contributed by atoms with E-state index in [2.05, 4.69) is 37.2 Å². The van der Waals surface area contributed by atoms with E-state index >= 15 is 0 Å². The highest BCUT2D eigenvalue weighted by Crippen LogP contribution is 2.29. The second-order valence-electron chi connectivity index (χ2n) is 4.57. The molecule has 0 aliphatic rings. The topological polar surface area (TPSA) is 21.3 Å². The van der Waals surface area contributed by atoms with Crippen molar-refractivity contribution in [3.05, 3.63) is 62.3 Å². The Bertz CT molecular complexity index is 619. The summed E-state index contributed by atoms with van der Waals surface area (Å²) in [5.74, 6) is 0.443. The number of nitrogens with one attached hydrogen (secondary N) is 1. The summed E-state index contributed by atoms with van der Waals surface area (Å²) in [5, 5.41) is 3.22. The van der Waals surface area contributed by atoms with Gasteiger partial charge in [0.15, 0.2) is 0 Å². The van der Waals surface area contributed by atoms with Crippen molar-refractivity contribution in [2.75, 3.05) is 6.54 Å². The summed E-state index contributed by atoms with van der Waals surface area (Å²) in [6.07, 6.45) is 0. The molecular formula is C16H16Br2FNO. The van der Waals surface area contributed by atoms with Crippen molar-refractivity contribution in [1.29, 1.82) is 0 Å². The number of halogens is 3. The maximum atomic E-state index is 13.8. The molecule has 1 N–H and O–H groups in total. The fourth-order valence-corrected chi connectivity index (χ4v) is 3.03. The molecular weight excluding hydrogens is 401 g/mol. The standard InChI is InChI=1S/C16H16Br2FNO/c1-2-20-9-11-3-5-15(19)12(7-11)10-21-16-6-4-13(17)8-14(16)18/h3-8,20H,2,9-10H2,1H3. The molecule has 0 atom stereocenters. The van der Waals surface area contributed by atoms with Crippen LogP contribution < -0.4 is 10.1 Å². The Hall–Kier alpha value is -0.910. The second-order valence-corrected chi connectivity index (χ2v) is 6.34. The molecule has 0 heterocycles. The van der Waals surface area contributed by atoms with Gasteiger partial charge in [-0.2, -0.15) is 0 Å². The molecule has 0 saturated heterocycles. The van der Waals surface area contributed by atoms with Crippen molar-refractivity contribution in [2.24, 2.45) is 0 Å². The summed E-state index contributed by atoms with van der Waals surface area (Å²) in [5.41, 5.74) is 1.60. The molecule has 0 fully saturated rings. The molecule has 2 rings (SSSR count). The molecule has 0 aromatic heterocycles. The van der Waals surface area contributed by atoms with E-state index in [9.17, 15) is 4.39 Å². The van der Waals surface area contributed by atoms with Gasteiger partial charge in [-0.3, -0.25) is 0 Å². The van der Waals surface area contributed by atoms with Crippen LogP contribution in [0, 0.1) is 5.82 Å². The Morgan fingerprint density at radius 2 is 1.95 bits per heavy atom. The molecule has 112 valence electrons. The van der Waals surface area contributed by atoms with Crippen molar-refractivity contribution in [3.8, 4) is 5.75 Å². The van der Waals surface area contributed by atoms with Gasteiger partial charge in [0.05, 0.1) is 4.47 Å². The van der Waals surface area contributed by atoms with Crippen LogP contribution >= 0.6 is 31.9 Å². The van der Waals surface area contributed by atoms with E-state index in [-0.39, 0.29) is 12.4 Å². The van der Waals surface area contributed by atoms with Crippen molar-refractivity contribution < 1.29 is 9.13 Å². The molecule has 2 aromatic carbocycles. The van der Waals surface area contributed by atoms with Crippen molar-refractivity contribution in [3.63, 3.8) is 0 Å². The largest absolute Gasteiger partial charge is 0.488 e. The van der Waals surface area contributed by atoms with Crippen LogP contribution in [-0.4, -0.2) is 6.54 Å². The van der Waals surface area contributed by atoms with Crippen molar-refractivity contribution in [2.45, 2.75) is 20.1 Å². The molecule has 0 radical (unpaired) electrons. The number of rotatable bonds is 6. The van der Waals surface area contributed by atoms with Gasteiger partial charge in [0.25, 0.3) is 0 Å². The zero-order valence-electron chi connectivity index (χ0n) is 11.6. The summed E-state index contributed by atoms with van der Waals surface area (Å²) < 4.78 is 21.3. The Kier molecular flexibility index (Phi) is 6.21. The van der Waals surface area contributed by atoms with E-state index in [1.54, 1.807) is 6.07 Å². The highest BCUT2D eigenvalue weighted by Gasteiger charge is 2.07. The van der Waals surface area contributed by atoms with Crippen LogP contribution in [0.2, 0.25) is 0 Å². The monoisotopic (exact) mass is 415 g/mol. The fourth-order valence-electron chi connectivity index (χ4n) is 1.87. The predicted octanol–water partition coefficient (Wildman–Crippen LogP) is 5.04. The molecule has 0 saturated carbocycles. The van der Waals surface area contributed by atoms with Gasteiger partial charge in [0.2, 0.25) is 0 Å². The number of hydrogen-bond donors (Lipinski definition) is 1. The fraction of sp³-hybridized carbons (Fsp3) is 0.250. The lowest BCUT2D eigenvalue weighted by molar-refractivity contribution is 0.297. The van der Waals surface area contributed by atoms with Gasteiger partial charge >= 0.3 is 0 Å². The highest BCUT2D eigenvalue weighted by molar-refractivity contribution is 9.11. The van der Waals surface area contributed by atoms with Crippen molar-refractivity contribution in [1.82, 2.24) is 5.32 Å². The van der Waals surface area contributed by atoms with Gasteiger partial charge in [-0.1, -0.05) is 28.9 Å². The molecule has 0 spiro atoms. The number of hydrogen-bond acceptors (Lipinski definition) is 2. The SMILES string of the molecule is CCNCc1ccc(F)c(COc2ccc(Br)cc2Br)c1. The van der Waals surface area contributed by atoms with Gasteiger partial charge < -0.3 is 10.1 Å². The summed E-state index contributed by atoms with van der Waals surface area (Å²) >= 11 is 6.81. The Morgan fingerprint density at radius 3 is 2.67 bits per heavy atom. The van der Waals surface area contributed by atoms with E-state index < -0.39 is 0 Å². The minimum absolute atomic E-state index is 0.200. The third-order valence-electron chi connectivity index (χ3n) is 2.97. The van der Waals surface area contributed by atoms with Crippen LogP contribution in [0.1, 0.15) is 18.1 Å². The lowest BCUT2D eigenvalue weighted by Crippen LogP contribution is -2.12. The zero-order chi connectivity index (χ0) is 15.2. The summed E-state index contributed by atoms with van der Waals surface area (Å²) in [4.78, 5) is 0. The van der Waals surface area contributed by atoms with Gasteiger partial charge in [0.1, 0.15) is 18.2 Å². The average molecular weight is 417 g/mol. The lowest BCUT2D eigenvalue weighted by Gasteiger charge is -2.11. The van der Waals surface area contributed by atoms with E-state index in [1.807, 2.05) is 31.2 Å². The molecule has 0 aliphatic heterocycles. The van der Waals surface area contributed by atoms with Gasteiger partial charge in [-0.05, 0) is 58.4 Å². The minimum Gasteiger partial charge on any atom is -0.488 e. The van der Waals surface area contributed by atoms with Gasteiger partial charge in [-0.25, -0.2) is 4.39 Å². The van der Waals surface area contributed by atoms with Gasteiger partial charge in [-0.15, -0.1) is 0 Å². The normalized spacial score (nSPS) is 10.7. The maximum Gasteiger partial charge on any atom is 0.134 e. The van der Waals surface area contributed by atoms with Crippen LogP contribution in [0.15, 0.2) is 45.3 Å². The summed E-state index contributed by atoms with van der Waals surface area (Å²) in [6.45, 7) is 3.85. The van der Waals surface area contributed by atoms with Crippen LogP contribution in [0.4, 0.5) is 4.39 Å². The molecule has 2 aromatic rings. The van der Waals surface area contributed by atoms with E-state index in [4.69, 9.17) is 4.74 Å². The maximum absolute atomic E-state index is 13.8. The molecule has 0 aliphatic carbocycles. The summed E-state index contributed by atoms with van der Waals surface area (Å²) in [7, 11) is 0. The first-order valence-electron chi connectivity index (χ1n) is 6.66. The Labute approximate surface area is 141 Å². The Morgan fingerprint density at radius 1 is 1.14 bits per heavy atom. The average Bonchev–Trinajstić information content (AvgIpc) is 2.46. The third-order valence-corrected chi connectivity index (χ3v) is 4.08. The predicted molar refractivity (Wildman–Crippen MR) is 90.0 cm³/mol. The van der Waals surface area contributed by atoms with Crippen LogP contribution in [-0.2, 0) is 13.2 Å². The quantitative estimate of drug-likeness (QED) is 0.712. The van der Waals surface area contributed by atoms with Crippen LogP contribution in [0.3, 0.4) is 0 Å². The third kappa shape index (κ3) is 4.80. The molecule has 5 heteroatoms. The minimum atomic E-state index is -0.247. The number of ether oxygens (including phenoxy) is 1. The molecule has 21 heavy (non-hydrogen) atoms. The van der Waals surface area contributed by atoms with E-state index in [0.717, 1.165) is 27.6 Å². The van der Waals surface area contributed by atoms with Crippen LogP contribution in [0.5, 0.6) is 5.75 Å². The Balaban J connectivity index is 2.08. The smallest absolute Gasteiger partial charge is 0.134 e. The zero-order valence-corrected chi connectivity index (χ0v) is 14.8. The molecule has 0 amide bonds.